The predicted octanol–water partition coefficient (Wildman–Crippen LogP) is 2.73. The minimum absolute atomic E-state index is 0.0411. The van der Waals surface area contributed by atoms with E-state index in [-0.39, 0.29) is 5.91 Å². The Hall–Kier alpha value is -2.40. The minimum Gasteiger partial charge on any atom is -0.383 e. The molecule has 0 fully saturated rings. The average Bonchev–Trinajstić information content (AvgIpc) is 2.61. The molecule has 0 radical (unpaired) electrons. The summed E-state index contributed by atoms with van der Waals surface area (Å²) < 4.78 is 4.99. The Morgan fingerprint density at radius 3 is 2.96 bits per heavy atom. The van der Waals surface area contributed by atoms with Crippen molar-refractivity contribution in [3.05, 3.63) is 53.9 Å². The van der Waals surface area contributed by atoms with Crippen molar-refractivity contribution in [1.82, 2.24) is 4.98 Å². The number of carbonyl (C=O) groups excluding carboxylic acids is 1. The number of methoxy groups -OCH3 is 1. The van der Waals surface area contributed by atoms with Crippen molar-refractivity contribution in [3.63, 3.8) is 0 Å². The molecular weight excluding hydrogens is 290 g/mol. The Kier molecular flexibility index (Phi) is 4.88. The lowest BCUT2D eigenvalue weighted by Gasteiger charge is -2.29. The van der Waals surface area contributed by atoms with Gasteiger partial charge in [0.25, 0.3) is 5.91 Å². The second-order valence-corrected chi connectivity index (χ2v) is 5.54. The maximum Gasteiger partial charge on any atom is 0.276 e. The SMILES string of the molecule is COCCNc1ccc(C(=O)N2CCCc3ccccc32)nc1. The number of hydrogen-bond acceptors (Lipinski definition) is 4. The van der Waals surface area contributed by atoms with E-state index < -0.39 is 0 Å². The van der Waals surface area contributed by atoms with Gasteiger partial charge in [0.15, 0.2) is 0 Å². The number of nitrogens with zero attached hydrogens (tertiary/aromatic N) is 2. The molecule has 0 saturated heterocycles. The topological polar surface area (TPSA) is 54.5 Å². The molecule has 0 bridgehead atoms. The van der Waals surface area contributed by atoms with Gasteiger partial charge in [0.2, 0.25) is 0 Å². The third kappa shape index (κ3) is 3.51. The van der Waals surface area contributed by atoms with Gasteiger partial charge >= 0.3 is 0 Å². The van der Waals surface area contributed by atoms with Crippen LogP contribution in [0.2, 0.25) is 0 Å². The molecule has 1 aromatic carbocycles. The Labute approximate surface area is 136 Å². The van der Waals surface area contributed by atoms with E-state index in [9.17, 15) is 4.79 Å². The van der Waals surface area contributed by atoms with Crippen LogP contribution in [-0.4, -0.2) is 37.7 Å². The number of benzene rings is 1. The lowest BCUT2D eigenvalue weighted by molar-refractivity contribution is 0.0980. The third-order valence-electron chi connectivity index (χ3n) is 3.97. The Balaban J connectivity index is 1.74. The van der Waals surface area contributed by atoms with Crippen LogP contribution in [0, 0.1) is 0 Å². The van der Waals surface area contributed by atoms with Crippen LogP contribution in [0.4, 0.5) is 11.4 Å². The zero-order valence-electron chi connectivity index (χ0n) is 13.3. The van der Waals surface area contributed by atoms with Gasteiger partial charge < -0.3 is 15.0 Å². The van der Waals surface area contributed by atoms with Crippen LogP contribution in [0.15, 0.2) is 42.6 Å². The van der Waals surface area contributed by atoms with Gasteiger partial charge in [-0.25, -0.2) is 4.98 Å². The normalized spacial score (nSPS) is 13.5. The van der Waals surface area contributed by atoms with Gasteiger partial charge in [0, 0.05) is 25.9 Å². The molecule has 3 rings (SSSR count). The smallest absolute Gasteiger partial charge is 0.276 e. The van der Waals surface area contributed by atoms with E-state index in [1.54, 1.807) is 19.4 Å². The van der Waals surface area contributed by atoms with Crippen LogP contribution in [0.3, 0.4) is 0 Å². The number of hydrogen-bond donors (Lipinski definition) is 1. The van der Waals surface area contributed by atoms with Crippen molar-refractivity contribution >= 4 is 17.3 Å². The van der Waals surface area contributed by atoms with Crippen LogP contribution >= 0.6 is 0 Å². The maximum atomic E-state index is 12.8. The van der Waals surface area contributed by atoms with Crippen LogP contribution in [0.1, 0.15) is 22.5 Å². The van der Waals surface area contributed by atoms with Crippen molar-refractivity contribution in [1.29, 1.82) is 0 Å². The Bertz CT molecular complexity index is 670. The summed E-state index contributed by atoms with van der Waals surface area (Å²) in [6.45, 7) is 2.08. The lowest BCUT2D eigenvalue weighted by Crippen LogP contribution is -2.35. The third-order valence-corrected chi connectivity index (χ3v) is 3.97. The summed E-state index contributed by atoms with van der Waals surface area (Å²) in [4.78, 5) is 18.9. The number of aromatic nitrogens is 1. The molecule has 2 heterocycles. The zero-order valence-corrected chi connectivity index (χ0v) is 13.3. The first-order valence-corrected chi connectivity index (χ1v) is 7.88. The standard InChI is InChI=1S/C18H21N3O2/c1-23-12-10-19-15-8-9-16(20-13-15)18(22)21-11-4-6-14-5-2-3-7-17(14)21/h2-3,5,7-9,13,19H,4,6,10-12H2,1H3. The number of aryl methyl sites for hydroxylation is 1. The number of pyridine rings is 1. The second kappa shape index (κ2) is 7.24. The van der Waals surface area contributed by atoms with Gasteiger partial charge in [0.1, 0.15) is 5.69 Å². The van der Waals surface area contributed by atoms with E-state index in [4.69, 9.17) is 4.74 Å². The van der Waals surface area contributed by atoms with Gasteiger partial charge in [-0.05, 0) is 36.6 Å². The second-order valence-electron chi connectivity index (χ2n) is 5.54. The first-order valence-electron chi connectivity index (χ1n) is 7.88. The molecule has 0 atom stereocenters. The molecule has 5 heteroatoms. The Morgan fingerprint density at radius 2 is 2.17 bits per heavy atom. The van der Waals surface area contributed by atoms with Crippen molar-refractivity contribution in [2.24, 2.45) is 0 Å². The monoisotopic (exact) mass is 311 g/mol. The summed E-state index contributed by atoms with van der Waals surface area (Å²) in [6.07, 6.45) is 3.70. The summed E-state index contributed by atoms with van der Waals surface area (Å²) in [5.41, 5.74) is 3.59. The van der Waals surface area contributed by atoms with E-state index in [0.29, 0.717) is 18.8 Å². The van der Waals surface area contributed by atoms with Crippen molar-refractivity contribution in [2.45, 2.75) is 12.8 Å². The zero-order chi connectivity index (χ0) is 16.1. The molecule has 1 aromatic heterocycles. The molecule has 0 unspecified atom stereocenters. The number of amides is 1. The number of anilines is 2. The number of fused-ring (bicyclic) bond motifs is 1. The van der Waals surface area contributed by atoms with Gasteiger partial charge in [0.05, 0.1) is 18.5 Å². The molecule has 0 spiro atoms. The number of rotatable bonds is 5. The number of nitrogens with one attached hydrogen (secondary N) is 1. The quantitative estimate of drug-likeness (QED) is 0.863. The molecule has 5 nitrogen and oxygen atoms in total. The van der Waals surface area contributed by atoms with Crippen LogP contribution in [0.25, 0.3) is 0 Å². The summed E-state index contributed by atoms with van der Waals surface area (Å²) >= 11 is 0. The molecule has 120 valence electrons. The molecule has 1 amide bonds. The van der Waals surface area contributed by atoms with Crippen LogP contribution in [-0.2, 0) is 11.2 Å². The minimum atomic E-state index is -0.0411. The van der Waals surface area contributed by atoms with Crippen LogP contribution < -0.4 is 10.2 Å². The maximum absolute atomic E-state index is 12.8. The molecule has 1 aliphatic heterocycles. The van der Waals surface area contributed by atoms with Gasteiger partial charge in [-0.15, -0.1) is 0 Å². The number of ether oxygens (including phenoxy) is 1. The first kappa shape index (κ1) is 15.5. The number of carbonyl (C=O) groups is 1. The molecule has 1 aliphatic rings. The highest BCUT2D eigenvalue weighted by Crippen LogP contribution is 2.27. The van der Waals surface area contributed by atoms with Crippen molar-refractivity contribution in [3.8, 4) is 0 Å². The lowest BCUT2D eigenvalue weighted by atomic mass is 10.0. The van der Waals surface area contributed by atoms with E-state index in [0.717, 1.165) is 30.8 Å². The van der Waals surface area contributed by atoms with E-state index in [1.165, 1.54) is 5.56 Å². The van der Waals surface area contributed by atoms with Crippen LogP contribution in [0.5, 0.6) is 0 Å². The first-order chi connectivity index (χ1) is 11.3. The van der Waals surface area contributed by atoms with Gasteiger partial charge in [-0.2, -0.15) is 0 Å². The average molecular weight is 311 g/mol. The summed E-state index contributed by atoms with van der Waals surface area (Å²) in [7, 11) is 1.66. The fourth-order valence-corrected chi connectivity index (χ4v) is 2.81. The molecule has 1 N–H and O–H groups in total. The molecular formula is C18H21N3O2. The Morgan fingerprint density at radius 1 is 1.30 bits per heavy atom. The molecule has 0 saturated carbocycles. The van der Waals surface area contributed by atoms with Gasteiger partial charge in [-0.3, -0.25) is 4.79 Å². The fourth-order valence-electron chi connectivity index (χ4n) is 2.81. The molecule has 2 aromatic rings. The van der Waals surface area contributed by atoms with E-state index in [2.05, 4.69) is 16.4 Å². The van der Waals surface area contributed by atoms with Gasteiger partial charge in [-0.1, -0.05) is 18.2 Å². The molecule has 0 aliphatic carbocycles. The predicted molar refractivity (Wildman–Crippen MR) is 91.0 cm³/mol. The largest absolute Gasteiger partial charge is 0.383 e. The highest BCUT2D eigenvalue weighted by molar-refractivity contribution is 6.05. The molecule has 23 heavy (non-hydrogen) atoms. The van der Waals surface area contributed by atoms with Crippen molar-refractivity contribution in [2.75, 3.05) is 37.0 Å². The number of para-hydroxylation sites is 1. The highest BCUT2D eigenvalue weighted by atomic mass is 16.5. The summed E-state index contributed by atoms with van der Waals surface area (Å²) in [5, 5.41) is 3.19. The van der Waals surface area contributed by atoms with E-state index in [1.807, 2.05) is 29.2 Å². The highest BCUT2D eigenvalue weighted by Gasteiger charge is 2.23. The summed E-state index contributed by atoms with van der Waals surface area (Å²) in [6, 6.07) is 11.7. The van der Waals surface area contributed by atoms with E-state index >= 15 is 0 Å². The fraction of sp³-hybridized carbons (Fsp3) is 0.333. The van der Waals surface area contributed by atoms with Crippen molar-refractivity contribution < 1.29 is 9.53 Å². The summed E-state index contributed by atoms with van der Waals surface area (Å²) in [5.74, 6) is -0.0411.